The topological polar surface area (TPSA) is 93.7 Å². The first-order valence-electron chi connectivity index (χ1n) is 8.88. The van der Waals surface area contributed by atoms with Crippen LogP contribution < -0.4 is 10.6 Å². The summed E-state index contributed by atoms with van der Waals surface area (Å²) in [7, 11) is 0. The summed E-state index contributed by atoms with van der Waals surface area (Å²) in [5.74, 6) is -0.944. The second kappa shape index (κ2) is 7.51. The molecule has 1 aliphatic heterocycles. The van der Waals surface area contributed by atoms with Crippen molar-refractivity contribution in [3.63, 3.8) is 0 Å². The van der Waals surface area contributed by atoms with Gasteiger partial charge in [-0.25, -0.2) is 9.59 Å². The molecule has 0 saturated heterocycles. The van der Waals surface area contributed by atoms with Gasteiger partial charge in [0.25, 0.3) is 0 Å². The molecule has 0 spiro atoms. The normalized spacial score (nSPS) is 26.4. The number of carbonyl (C=O) groups excluding carboxylic acids is 3. The van der Waals surface area contributed by atoms with Crippen LogP contribution in [-0.2, 0) is 19.1 Å². The van der Waals surface area contributed by atoms with Gasteiger partial charge >= 0.3 is 18.0 Å². The number of carbonyl (C=O) groups is 3. The van der Waals surface area contributed by atoms with Gasteiger partial charge in [0.1, 0.15) is 6.61 Å². The van der Waals surface area contributed by atoms with E-state index in [-0.39, 0.29) is 47.7 Å². The van der Waals surface area contributed by atoms with Crippen LogP contribution in [0.1, 0.15) is 41.5 Å². The molecule has 0 bridgehead atoms. The molecule has 1 heterocycles. The Labute approximate surface area is 154 Å². The minimum absolute atomic E-state index is 0.139. The Hall–Kier alpha value is -2.31. The zero-order chi connectivity index (χ0) is 19.6. The van der Waals surface area contributed by atoms with Crippen LogP contribution >= 0.6 is 0 Å². The third kappa shape index (κ3) is 4.08. The largest absolute Gasteiger partial charge is 0.463 e. The number of amides is 2. The van der Waals surface area contributed by atoms with Crippen LogP contribution in [-0.4, -0.2) is 37.2 Å². The maximum atomic E-state index is 12.5. The van der Waals surface area contributed by atoms with Crippen molar-refractivity contribution in [1.82, 2.24) is 10.6 Å². The number of allylic oxidation sites excluding steroid dienone is 2. The van der Waals surface area contributed by atoms with Crippen LogP contribution in [0, 0.1) is 17.3 Å². The van der Waals surface area contributed by atoms with E-state index in [4.69, 9.17) is 9.47 Å². The molecule has 2 amide bonds. The van der Waals surface area contributed by atoms with Gasteiger partial charge in [0.05, 0.1) is 29.8 Å². The lowest BCUT2D eigenvalue weighted by atomic mass is 10.0. The van der Waals surface area contributed by atoms with Gasteiger partial charge in [-0.05, 0) is 39.0 Å². The molecule has 0 aromatic heterocycles. The highest BCUT2D eigenvalue weighted by molar-refractivity contribution is 5.94. The number of hydrogen-bond acceptors (Lipinski definition) is 5. The number of rotatable bonds is 6. The first kappa shape index (κ1) is 20.0. The summed E-state index contributed by atoms with van der Waals surface area (Å²) < 4.78 is 10.5. The third-order valence-corrected chi connectivity index (χ3v) is 4.90. The summed E-state index contributed by atoms with van der Waals surface area (Å²) in [6.45, 7) is 11.5. The van der Waals surface area contributed by atoms with Crippen LogP contribution in [0.3, 0.4) is 0 Å². The van der Waals surface area contributed by atoms with Gasteiger partial charge in [0.2, 0.25) is 0 Å². The zero-order valence-corrected chi connectivity index (χ0v) is 16.3. The van der Waals surface area contributed by atoms with E-state index >= 15 is 0 Å². The maximum Gasteiger partial charge on any atom is 0.338 e. The molecule has 1 fully saturated rings. The minimum atomic E-state index is -0.535. The maximum absolute atomic E-state index is 12.5. The second-order valence-corrected chi connectivity index (χ2v) is 7.61. The summed E-state index contributed by atoms with van der Waals surface area (Å²) in [6, 6.07) is -0.960. The van der Waals surface area contributed by atoms with Gasteiger partial charge in [0.15, 0.2) is 0 Å². The van der Waals surface area contributed by atoms with Crippen molar-refractivity contribution < 1.29 is 23.9 Å². The molecule has 0 aromatic carbocycles. The van der Waals surface area contributed by atoms with Gasteiger partial charge in [-0.15, -0.1) is 0 Å². The van der Waals surface area contributed by atoms with Gasteiger partial charge in [-0.3, -0.25) is 4.79 Å². The van der Waals surface area contributed by atoms with Crippen LogP contribution in [0.2, 0.25) is 0 Å². The quantitative estimate of drug-likeness (QED) is 0.557. The Morgan fingerprint density at radius 2 is 1.88 bits per heavy atom. The molecule has 144 valence electrons. The van der Waals surface area contributed by atoms with Crippen LogP contribution in [0.5, 0.6) is 0 Å². The van der Waals surface area contributed by atoms with E-state index in [1.807, 2.05) is 27.7 Å². The number of ether oxygens (including phenoxy) is 2. The van der Waals surface area contributed by atoms with Crippen LogP contribution in [0.25, 0.3) is 0 Å². The number of hydrogen-bond donors (Lipinski definition) is 2. The molecule has 1 saturated carbocycles. The van der Waals surface area contributed by atoms with E-state index in [0.29, 0.717) is 0 Å². The fourth-order valence-corrected chi connectivity index (χ4v) is 3.42. The highest BCUT2D eigenvalue weighted by Gasteiger charge is 2.61. The first-order chi connectivity index (χ1) is 12.1. The molecular formula is C19H28N2O5. The summed E-state index contributed by atoms with van der Waals surface area (Å²) >= 11 is 0. The molecule has 0 aromatic rings. The molecule has 0 unspecified atom stereocenters. The Bertz CT molecular complexity index is 673. The molecule has 7 nitrogen and oxygen atoms in total. The molecule has 7 heteroatoms. The first-order valence-corrected chi connectivity index (χ1v) is 8.88. The van der Waals surface area contributed by atoms with E-state index < -0.39 is 18.0 Å². The second-order valence-electron chi connectivity index (χ2n) is 7.61. The Balaban J connectivity index is 2.11. The highest BCUT2D eigenvalue weighted by Crippen LogP contribution is 2.59. The standard InChI is InChI=1S/C19H28N2O5/c1-7-25-16(22)14-11(4)20-18(24)21-13(14)9-26-17(23)15-12(8-10(2)3)19(15,5)6/h8,11-12,15H,7,9H2,1-6H3,(H2,20,21,24)/t11-,12-,15-/m0/s1. The fraction of sp³-hybridized carbons (Fsp3) is 0.632. The van der Waals surface area contributed by atoms with E-state index in [1.54, 1.807) is 13.8 Å². The lowest BCUT2D eigenvalue weighted by Gasteiger charge is -2.26. The van der Waals surface area contributed by atoms with Crippen molar-refractivity contribution in [1.29, 1.82) is 0 Å². The number of nitrogens with one attached hydrogen (secondary N) is 2. The SMILES string of the molecule is CCOC(=O)C1=C(COC(=O)[C@@H]2[C@H](C=C(C)C)C2(C)C)NC(=O)N[C@H]1C. The average Bonchev–Trinajstić information content (AvgIpc) is 3.04. The zero-order valence-electron chi connectivity index (χ0n) is 16.3. The van der Waals surface area contributed by atoms with Crippen LogP contribution in [0.15, 0.2) is 22.9 Å². The predicted octanol–water partition coefficient (Wildman–Crippen LogP) is 2.29. The Morgan fingerprint density at radius 1 is 1.23 bits per heavy atom. The molecule has 1 aliphatic carbocycles. The van der Waals surface area contributed by atoms with Crippen molar-refractivity contribution in [2.75, 3.05) is 13.2 Å². The number of esters is 2. The van der Waals surface area contributed by atoms with Gasteiger partial charge < -0.3 is 20.1 Å². The molecule has 0 radical (unpaired) electrons. The summed E-state index contributed by atoms with van der Waals surface area (Å²) in [5, 5.41) is 5.16. The van der Waals surface area contributed by atoms with Crippen LogP contribution in [0.4, 0.5) is 4.79 Å². The molecule has 2 N–H and O–H groups in total. The summed E-state index contributed by atoms with van der Waals surface area (Å²) in [6.07, 6.45) is 2.09. The number of urea groups is 1. The average molecular weight is 364 g/mol. The van der Waals surface area contributed by atoms with Crippen molar-refractivity contribution >= 4 is 18.0 Å². The van der Waals surface area contributed by atoms with E-state index in [1.165, 1.54) is 0 Å². The van der Waals surface area contributed by atoms with E-state index in [0.717, 1.165) is 5.57 Å². The molecule has 2 aliphatic rings. The van der Waals surface area contributed by atoms with Crippen molar-refractivity contribution in [2.24, 2.45) is 17.3 Å². The van der Waals surface area contributed by atoms with Crippen molar-refractivity contribution in [2.45, 2.75) is 47.6 Å². The Morgan fingerprint density at radius 3 is 2.46 bits per heavy atom. The molecule has 3 atom stereocenters. The van der Waals surface area contributed by atoms with Crippen molar-refractivity contribution in [3.05, 3.63) is 22.9 Å². The monoisotopic (exact) mass is 364 g/mol. The summed E-state index contributed by atoms with van der Waals surface area (Å²) in [4.78, 5) is 36.4. The minimum Gasteiger partial charge on any atom is -0.463 e. The van der Waals surface area contributed by atoms with E-state index in [2.05, 4.69) is 16.7 Å². The van der Waals surface area contributed by atoms with Gasteiger partial charge in [0, 0.05) is 0 Å². The lowest BCUT2D eigenvalue weighted by molar-refractivity contribution is -0.146. The fourth-order valence-electron chi connectivity index (χ4n) is 3.42. The third-order valence-electron chi connectivity index (χ3n) is 4.90. The van der Waals surface area contributed by atoms with Gasteiger partial charge in [-0.1, -0.05) is 25.5 Å². The smallest absolute Gasteiger partial charge is 0.338 e. The lowest BCUT2D eigenvalue weighted by Crippen LogP contribution is -2.50. The highest BCUT2D eigenvalue weighted by atomic mass is 16.5. The van der Waals surface area contributed by atoms with Gasteiger partial charge in [-0.2, -0.15) is 0 Å². The van der Waals surface area contributed by atoms with Crippen molar-refractivity contribution in [3.8, 4) is 0 Å². The Kier molecular flexibility index (Phi) is 5.78. The molecule has 26 heavy (non-hydrogen) atoms. The predicted molar refractivity (Wildman–Crippen MR) is 95.9 cm³/mol. The van der Waals surface area contributed by atoms with E-state index in [9.17, 15) is 14.4 Å². The molecular weight excluding hydrogens is 336 g/mol. The summed E-state index contributed by atoms with van der Waals surface area (Å²) in [5.41, 5.74) is 1.54. The molecule has 2 rings (SSSR count).